The summed E-state index contributed by atoms with van der Waals surface area (Å²) >= 11 is 6.17. The molecule has 0 radical (unpaired) electrons. The molecule has 1 amide bonds. The number of aromatic nitrogens is 2. The molecule has 3 aromatic rings. The van der Waals surface area contributed by atoms with E-state index in [9.17, 15) is 4.79 Å². The lowest BCUT2D eigenvalue weighted by molar-refractivity contribution is -0.120. The molecule has 6 heteroatoms. The van der Waals surface area contributed by atoms with Gasteiger partial charge in [0.2, 0.25) is 5.91 Å². The molecule has 0 spiro atoms. The molecule has 28 heavy (non-hydrogen) atoms. The highest BCUT2D eigenvalue weighted by molar-refractivity contribution is 6.33. The summed E-state index contributed by atoms with van der Waals surface area (Å²) in [6.07, 6.45) is 3.37. The molecule has 2 heterocycles. The van der Waals surface area contributed by atoms with E-state index >= 15 is 0 Å². The molecule has 5 nitrogen and oxygen atoms in total. The number of nitrogens with one attached hydrogen (secondary N) is 1. The lowest BCUT2D eigenvalue weighted by atomic mass is 9.97. The SMILES string of the molecule is O=C(Nc1ccccc1Cl)C1CCCN(c2cc(-c3ccccc3)ncn2)C1. The fourth-order valence-electron chi connectivity index (χ4n) is 3.48. The number of para-hydroxylation sites is 1. The van der Waals surface area contributed by atoms with Crippen molar-refractivity contribution >= 4 is 29.0 Å². The predicted molar refractivity (Wildman–Crippen MR) is 112 cm³/mol. The molecular formula is C22H21ClN4O. The summed E-state index contributed by atoms with van der Waals surface area (Å²) in [5.41, 5.74) is 2.59. The molecule has 142 valence electrons. The maximum absolute atomic E-state index is 12.8. The van der Waals surface area contributed by atoms with Gasteiger partial charge in [-0.05, 0) is 25.0 Å². The minimum Gasteiger partial charge on any atom is -0.356 e. The zero-order valence-electron chi connectivity index (χ0n) is 15.4. The van der Waals surface area contributed by atoms with E-state index in [1.807, 2.05) is 54.6 Å². The summed E-state index contributed by atoms with van der Waals surface area (Å²) in [6, 6.07) is 19.3. The second-order valence-corrected chi connectivity index (χ2v) is 7.29. The van der Waals surface area contributed by atoms with Gasteiger partial charge in [0.1, 0.15) is 12.1 Å². The topological polar surface area (TPSA) is 58.1 Å². The van der Waals surface area contributed by atoms with Gasteiger partial charge in [0.05, 0.1) is 22.3 Å². The number of amides is 1. The summed E-state index contributed by atoms with van der Waals surface area (Å²) in [5, 5.41) is 3.51. The number of carbonyl (C=O) groups excluding carboxylic acids is 1. The van der Waals surface area contributed by atoms with Gasteiger partial charge in [-0.3, -0.25) is 4.79 Å². The fraction of sp³-hybridized carbons (Fsp3) is 0.227. The molecule has 1 aromatic heterocycles. The Morgan fingerprint density at radius 2 is 1.86 bits per heavy atom. The molecule has 1 atom stereocenters. The highest BCUT2D eigenvalue weighted by Gasteiger charge is 2.27. The third kappa shape index (κ3) is 4.15. The number of anilines is 2. The van der Waals surface area contributed by atoms with E-state index in [2.05, 4.69) is 20.2 Å². The molecule has 1 aliphatic heterocycles. The summed E-state index contributed by atoms with van der Waals surface area (Å²) in [4.78, 5) is 23.8. The van der Waals surface area contributed by atoms with Crippen LogP contribution >= 0.6 is 11.6 Å². The average molecular weight is 393 g/mol. The van der Waals surface area contributed by atoms with Crippen LogP contribution in [-0.4, -0.2) is 29.0 Å². The van der Waals surface area contributed by atoms with Gasteiger partial charge in [0.15, 0.2) is 0 Å². The van der Waals surface area contributed by atoms with Crippen LogP contribution in [0.2, 0.25) is 5.02 Å². The first kappa shape index (κ1) is 18.4. The van der Waals surface area contributed by atoms with Crippen LogP contribution < -0.4 is 10.2 Å². The third-order valence-electron chi connectivity index (χ3n) is 4.97. The number of piperidine rings is 1. The number of rotatable bonds is 4. The van der Waals surface area contributed by atoms with Gasteiger partial charge in [-0.15, -0.1) is 0 Å². The standard InChI is InChI=1S/C22H21ClN4O/c23-18-10-4-5-11-19(18)26-22(28)17-9-6-12-27(14-17)21-13-20(24-15-25-21)16-7-2-1-3-8-16/h1-5,7-8,10-11,13,15,17H,6,9,12,14H2,(H,26,28). The number of nitrogens with zero attached hydrogens (tertiary/aromatic N) is 3. The van der Waals surface area contributed by atoms with Crippen LogP contribution in [0.25, 0.3) is 11.3 Å². The van der Waals surface area contributed by atoms with Crippen molar-refractivity contribution in [3.63, 3.8) is 0 Å². The largest absolute Gasteiger partial charge is 0.356 e. The molecule has 0 saturated carbocycles. The van der Waals surface area contributed by atoms with Crippen LogP contribution in [0, 0.1) is 5.92 Å². The molecule has 4 rings (SSSR count). The van der Waals surface area contributed by atoms with Crippen LogP contribution in [0.4, 0.5) is 11.5 Å². The normalized spacial score (nSPS) is 16.6. The van der Waals surface area contributed by atoms with E-state index in [0.717, 1.165) is 36.5 Å². The number of halogens is 1. The van der Waals surface area contributed by atoms with Crippen molar-refractivity contribution in [3.8, 4) is 11.3 Å². The fourth-order valence-corrected chi connectivity index (χ4v) is 3.67. The van der Waals surface area contributed by atoms with E-state index in [1.165, 1.54) is 0 Å². The lowest BCUT2D eigenvalue weighted by Crippen LogP contribution is -2.41. The van der Waals surface area contributed by atoms with Crippen molar-refractivity contribution in [2.45, 2.75) is 12.8 Å². The average Bonchev–Trinajstić information content (AvgIpc) is 2.76. The molecule has 0 aliphatic carbocycles. The highest BCUT2D eigenvalue weighted by Crippen LogP contribution is 2.27. The van der Waals surface area contributed by atoms with Crippen molar-refractivity contribution < 1.29 is 4.79 Å². The van der Waals surface area contributed by atoms with Gasteiger partial charge in [-0.2, -0.15) is 0 Å². The maximum Gasteiger partial charge on any atom is 0.229 e. The Bertz CT molecular complexity index is 964. The Labute approximate surface area is 169 Å². The van der Waals surface area contributed by atoms with Crippen molar-refractivity contribution in [2.24, 2.45) is 5.92 Å². The summed E-state index contributed by atoms with van der Waals surface area (Å²) in [7, 11) is 0. The Kier molecular flexibility index (Phi) is 5.53. The molecular weight excluding hydrogens is 372 g/mol. The summed E-state index contributed by atoms with van der Waals surface area (Å²) < 4.78 is 0. The Morgan fingerprint density at radius 1 is 1.07 bits per heavy atom. The van der Waals surface area contributed by atoms with Crippen LogP contribution in [-0.2, 0) is 4.79 Å². The van der Waals surface area contributed by atoms with Gasteiger partial charge in [-0.1, -0.05) is 54.1 Å². The van der Waals surface area contributed by atoms with Gasteiger partial charge in [-0.25, -0.2) is 9.97 Å². The lowest BCUT2D eigenvalue weighted by Gasteiger charge is -2.33. The van der Waals surface area contributed by atoms with E-state index < -0.39 is 0 Å². The first-order chi connectivity index (χ1) is 13.7. The number of benzene rings is 2. The monoisotopic (exact) mass is 392 g/mol. The van der Waals surface area contributed by atoms with E-state index in [1.54, 1.807) is 12.4 Å². The van der Waals surface area contributed by atoms with Crippen molar-refractivity contribution in [2.75, 3.05) is 23.3 Å². The Morgan fingerprint density at radius 3 is 2.68 bits per heavy atom. The van der Waals surface area contributed by atoms with E-state index in [0.29, 0.717) is 17.3 Å². The van der Waals surface area contributed by atoms with Crippen LogP contribution in [0.15, 0.2) is 67.0 Å². The molecule has 1 unspecified atom stereocenters. The molecule has 2 aromatic carbocycles. The number of carbonyl (C=O) groups is 1. The van der Waals surface area contributed by atoms with Gasteiger partial charge in [0.25, 0.3) is 0 Å². The summed E-state index contributed by atoms with van der Waals surface area (Å²) in [6.45, 7) is 1.50. The zero-order chi connectivity index (χ0) is 19.3. The second kappa shape index (κ2) is 8.40. The molecule has 0 bridgehead atoms. The van der Waals surface area contributed by atoms with Crippen molar-refractivity contribution in [1.29, 1.82) is 0 Å². The second-order valence-electron chi connectivity index (χ2n) is 6.88. The Hall–Kier alpha value is -2.92. The maximum atomic E-state index is 12.8. The minimum absolute atomic E-state index is 0.00450. The van der Waals surface area contributed by atoms with Gasteiger partial charge in [0, 0.05) is 24.7 Å². The zero-order valence-corrected chi connectivity index (χ0v) is 16.1. The Balaban J connectivity index is 1.48. The molecule has 1 N–H and O–H groups in total. The molecule has 1 saturated heterocycles. The van der Waals surface area contributed by atoms with E-state index in [4.69, 9.17) is 11.6 Å². The first-order valence-corrected chi connectivity index (χ1v) is 9.76. The minimum atomic E-state index is -0.111. The van der Waals surface area contributed by atoms with Crippen LogP contribution in [0.1, 0.15) is 12.8 Å². The first-order valence-electron chi connectivity index (χ1n) is 9.38. The number of hydrogen-bond donors (Lipinski definition) is 1. The summed E-state index contributed by atoms with van der Waals surface area (Å²) in [5.74, 6) is 0.736. The predicted octanol–water partition coefficient (Wildman–Crippen LogP) is 4.65. The smallest absolute Gasteiger partial charge is 0.229 e. The molecule has 1 fully saturated rings. The van der Waals surface area contributed by atoms with Crippen molar-refractivity contribution in [3.05, 3.63) is 72.0 Å². The van der Waals surface area contributed by atoms with Crippen LogP contribution in [0.5, 0.6) is 0 Å². The molecule has 1 aliphatic rings. The quantitative estimate of drug-likeness (QED) is 0.702. The number of hydrogen-bond acceptors (Lipinski definition) is 4. The van der Waals surface area contributed by atoms with Gasteiger partial charge < -0.3 is 10.2 Å². The van der Waals surface area contributed by atoms with E-state index in [-0.39, 0.29) is 11.8 Å². The third-order valence-corrected chi connectivity index (χ3v) is 5.30. The van der Waals surface area contributed by atoms with Crippen LogP contribution in [0.3, 0.4) is 0 Å². The van der Waals surface area contributed by atoms with Gasteiger partial charge >= 0.3 is 0 Å². The highest BCUT2D eigenvalue weighted by atomic mass is 35.5. The van der Waals surface area contributed by atoms with Crippen molar-refractivity contribution in [1.82, 2.24) is 9.97 Å².